The van der Waals surface area contributed by atoms with Crippen molar-refractivity contribution in [2.24, 2.45) is 0 Å². The summed E-state index contributed by atoms with van der Waals surface area (Å²) in [6.07, 6.45) is -1.50. The number of hydrogen-bond acceptors (Lipinski definition) is 3. The lowest BCUT2D eigenvalue weighted by atomic mass is 10.1. The van der Waals surface area contributed by atoms with Crippen LogP contribution in [0.5, 0.6) is 0 Å². The van der Waals surface area contributed by atoms with Crippen molar-refractivity contribution in [2.45, 2.75) is 70.7 Å². The van der Waals surface area contributed by atoms with E-state index in [-0.39, 0.29) is 17.9 Å². The van der Waals surface area contributed by atoms with Crippen LogP contribution in [-0.4, -0.2) is 46.9 Å². The zero-order valence-electron chi connectivity index (χ0n) is 13.5. The number of ether oxygens (including phenoxy) is 1. The van der Waals surface area contributed by atoms with E-state index < -0.39 is 18.2 Å². The highest BCUT2D eigenvalue weighted by molar-refractivity contribution is 7.99. The zero-order chi connectivity index (χ0) is 16.8. The van der Waals surface area contributed by atoms with Gasteiger partial charge in [-0.3, -0.25) is 0 Å². The molecule has 1 aliphatic rings. The molecule has 1 fully saturated rings. The quantitative estimate of drug-likeness (QED) is 0.647. The van der Waals surface area contributed by atoms with Crippen LogP contribution in [-0.2, 0) is 4.74 Å². The van der Waals surface area contributed by atoms with Gasteiger partial charge in [-0.2, -0.15) is 24.9 Å². The second-order valence-corrected chi connectivity index (χ2v) is 7.81. The van der Waals surface area contributed by atoms with E-state index in [9.17, 15) is 18.0 Å². The Balaban J connectivity index is 2.23. The molecule has 0 aromatic heterocycles. The maximum atomic E-state index is 12.1. The first-order chi connectivity index (χ1) is 10.1. The summed E-state index contributed by atoms with van der Waals surface area (Å²) < 4.78 is 41.4. The molecular formula is C15H26F3NO2S. The molecule has 0 aliphatic carbocycles. The Morgan fingerprint density at radius 3 is 2.55 bits per heavy atom. The third-order valence-corrected chi connectivity index (χ3v) is 4.43. The van der Waals surface area contributed by atoms with Gasteiger partial charge in [0.1, 0.15) is 5.60 Å². The average Bonchev–Trinajstić information content (AvgIpc) is 2.78. The topological polar surface area (TPSA) is 29.5 Å². The molecule has 1 heterocycles. The van der Waals surface area contributed by atoms with Gasteiger partial charge < -0.3 is 9.64 Å². The van der Waals surface area contributed by atoms with Gasteiger partial charge in [-0.1, -0.05) is 0 Å². The number of rotatable bonds is 6. The fourth-order valence-electron chi connectivity index (χ4n) is 2.41. The van der Waals surface area contributed by atoms with Gasteiger partial charge in [0.25, 0.3) is 0 Å². The first-order valence-corrected chi connectivity index (χ1v) is 8.88. The second kappa shape index (κ2) is 8.31. The van der Waals surface area contributed by atoms with Crippen LogP contribution >= 0.6 is 11.8 Å². The molecule has 0 aromatic carbocycles. The second-order valence-electron chi connectivity index (χ2n) is 6.59. The van der Waals surface area contributed by atoms with Gasteiger partial charge in [0.15, 0.2) is 0 Å². The standard InChI is InChI=1S/C15H26F3NO2S/c1-14(2,3)21-13(20)19-9-4-6-12(19)7-5-10-22-11-8-15(16,17)18/h12H,4-11H2,1-3H3/t12-/m0/s1. The van der Waals surface area contributed by atoms with Crippen molar-refractivity contribution in [1.29, 1.82) is 0 Å². The predicted octanol–water partition coefficient (Wildman–Crippen LogP) is 4.85. The molecule has 130 valence electrons. The van der Waals surface area contributed by atoms with Crippen molar-refractivity contribution >= 4 is 17.9 Å². The Hall–Kier alpha value is -0.590. The minimum absolute atomic E-state index is 0.115. The lowest BCUT2D eigenvalue weighted by Crippen LogP contribution is -2.39. The van der Waals surface area contributed by atoms with Gasteiger partial charge in [-0.05, 0) is 52.2 Å². The minimum Gasteiger partial charge on any atom is -0.444 e. The molecule has 1 saturated heterocycles. The molecule has 0 saturated carbocycles. The summed E-state index contributed by atoms with van der Waals surface area (Å²) >= 11 is 1.33. The van der Waals surface area contributed by atoms with E-state index in [0.29, 0.717) is 12.3 Å². The number of carbonyl (C=O) groups is 1. The van der Waals surface area contributed by atoms with Crippen LogP contribution in [0.25, 0.3) is 0 Å². The van der Waals surface area contributed by atoms with Gasteiger partial charge in [0.2, 0.25) is 0 Å². The smallest absolute Gasteiger partial charge is 0.410 e. The molecule has 22 heavy (non-hydrogen) atoms. The van der Waals surface area contributed by atoms with Crippen LogP contribution < -0.4 is 0 Å². The van der Waals surface area contributed by atoms with Crippen LogP contribution in [0.1, 0.15) is 52.9 Å². The molecule has 1 atom stereocenters. The normalized spacial score (nSPS) is 19.5. The van der Waals surface area contributed by atoms with E-state index in [2.05, 4.69) is 0 Å². The molecule has 0 unspecified atom stereocenters. The molecule has 0 radical (unpaired) electrons. The van der Waals surface area contributed by atoms with E-state index in [1.165, 1.54) is 11.8 Å². The first-order valence-electron chi connectivity index (χ1n) is 7.72. The van der Waals surface area contributed by atoms with E-state index in [1.54, 1.807) is 4.90 Å². The Labute approximate surface area is 134 Å². The summed E-state index contributed by atoms with van der Waals surface area (Å²) in [6, 6.07) is 0.165. The fraction of sp³-hybridized carbons (Fsp3) is 0.933. The maximum absolute atomic E-state index is 12.1. The molecule has 1 aliphatic heterocycles. The highest BCUT2D eigenvalue weighted by Crippen LogP contribution is 2.26. The first kappa shape index (κ1) is 19.5. The van der Waals surface area contributed by atoms with Crippen LogP contribution in [0.2, 0.25) is 0 Å². The van der Waals surface area contributed by atoms with Crippen LogP contribution in [0.15, 0.2) is 0 Å². The van der Waals surface area contributed by atoms with Gasteiger partial charge in [-0.15, -0.1) is 0 Å². The van der Waals surface area contributed by atoms with Crippen LogP contribution in [0.4, 0.5) is 18.0 Å². The van der Waals surface area contributed by atoms with Crippen molar-refractivity contribution in [1.82, 2.24) is 4.90 Å². The van der Waals surface area contributed by atoms with Crippen molar-refractivity contribution in [3.63, 3.8) is 0 Å². The molecule has 0 aromatic rings. The predicted molar refractivity (Wildman–Crippen MR) is 83.2 cm³/mol. The number of amides is 1. The molecule has 1 amide bonds. The van der Waals surface area contributed by atoms with Crippen LogP contribution in [0.3, 0.4) is 0 Å². The van der Waals surface area contributed by atoms with Crippen LogP contribution in [0, 0.1) is 0 Å². The number of nitrogens with zero attached hydrogens (tertiary/aromatic N) is 1. The third-order valence-electron chi connectivity index (χ3n) is 3.36. The molecule has 0 N–H and O–H groups in total. The van der Waals surface area contributed by atoms with Gasteiger partial charge >= 0.3 is 12.3 Å². The molecule has 7 heteroatoms. The number of likely N-dealkylation sites (tertiary alicyclic amines) is 1. The van der Waals surface area contributed by atoms with E-state index >= 15 is 0 Å². The van der Waals surface area contributed by atoms with Gasteiger partial charge in [0, 0.05) is 18.3 Å². The molecule has 0 spiro atoms. The summed E-state index contributed by atoms with van der Waals surface area (Å²) in [5, 5.41) is 0. The maximum Gasteiger partial charge on any atom is 0.410 e. The minimum atomic E-state index is -4.06. The van der Waals surface area contributed by atoms with Crippen molar-refractivity contribution in [3.8, 4) is 0 Å². The van der Waals surface area contributed by atoms with E-state index in [4.69, 9.17) is 4.74 Å². The highest BCUT2D eigenvalue weighted by atomic mass is 32.2. The number of hydrogen-bond donors (Lipinski definition) is 0. The van der Waals surface area contributed by atoms with Crippen molar-refractivity contribution in [3.05, 3.63) is 0 Å². The lowest BCUT2D eigenvalue weighted by molar-refractivity contribution is -0.129. The zero-order valence-corrected chi connectivity index (χ0v) is 14.4. The largest absolute Gasteiger partial charge is 0.444 e. The number of alkyl halides is 3. The highest BCUT2D eigenvalue weighted by Gasteiger charge is 2.31. The number of thioether (sulfide) groups is 1. The fourth-order valence-corrected chi connectivity index (χ4v) is 3.36. The van der Waals surface area contributed by atoms with Gasteiger partial charge in [-0.25, -0.2) is 4.79 Å². The number of halogens is 3. The Morgan fingerprint density at radius 1 is 1.27 bits per heavy atom. The lowest BCUT2D eigenvalue weighted by Gasteiger charge is -2.28. The van der Waals surface area contributed by atoms with E-state index in [1.807, 2.05) is 20.8 Å². The molecule has 1 rings (SSSR count). The Bertz CT molecular complexity index is 356. The Morgan fingerprint density at radius 2 is 1.95 bits per heavy atom. The molecule has 3 nitrogen and oxygen atoms in total. The van der Waals surface area contributed by atoms with Crippen molar-refractivity contribution in [2.75, 3.05) is 18.1 Å². The summed E-state index contributed by atoms with van der Waals surface area (Å²) in [5.41, 5.74) is -0.502. The van der Waals surface area contributed by atoms with E-state index in [0.717, 1.165) is 25.7 Å². The summed E-state index contributed by atoms with van der Waals surface area (Å²) in [6.45, 7) is 6.23. The Kier molecular flexibility index (Phi) is 7.35. The monoisotopic (exact) mass is 341 g/mol. The third kappa shape index (κ3) is 8.15. The summed E-state index contributed by atoms with van der Waals surface area (Å²) in [7, 11) is 0. The summed E-state index contributed by atoms with van der Waals surface area (Å²) in [4.78, 5) is 13.9. The molecular weight excluding hydrogens is 315 g/mol. The SMILES string of the molecule is CC(C)(C)OC(=O)N1CCC[C@H]1CCCSCCC(F)(F)F. The average molecular weight is 341 g/mol. The summed E-state index contributed by atoms with van der Waals surface area (Å²) in [5.74, 6) is 0.818. The van der Waals surface area contributed by atoms with Gasteiger partial charge in [0.05, 0.1) is 6.42 Å². The molecule has 0 bridgehead atoms. The van der Waals surface area contributed by atoms with Crippen molar-refractivity contribution < 1.29 is 22.7 Å². The number of carbonyl (C=O) groups excluding carboxylic acids is 1.